The van der Waals surface area contributed by atoms with Gasteiger partial charge in [-0.1, -0.05) is 38.1 Å². The molecule has 0 aliphatic carbocycles. The maximum absolute atomic E-state index is 10.7. The Bertz CT molecular complexity index is 314. The van der Waals surface area contributed by atoms with Crippen LogP contribution in [0, 0.1) is 0 Å². The average molecular weight is 205 g/mol. The van der Waals surface area contributed by atoms with Gasteiger partial charge in [0.25, 0.3) is 0 Å². The molecule has 1 aromatic rings. The first-order chi connectivity index (χ1) is 7.09. The molecule has 0 spiro atoms. The van der Waals surface area contributed by atoms with Crippen molar-refractivity contribution in [3.8, 4) is 0 Å². The van der Waals surface area contributed by atoms with Crippen molar-refractivity contribution in [2.45, 2.75) is 33.1 Å². The van der Waals surface area contributed by atoms with E-state index in [9.17, 15) is 4.79 Å². The van der Waals surface area contributed by atoms with E-state index in [4.69, 9.17) is 0 Å². The van der Waals surface area contributed by atoms with Gasteiger partial charge in [-0.05, 0) is 23.5 Å². The topological polar surface area (TPSA) is 29.1 Å². The van der Waals surface area contributed by atoms with Crippen LogP contribution in [0.3, 0.4) is 0 Å². The lowest BCUT2D eigenvalue weighted by atomic mass is 10.0. The lowest BCUT2D eigenvalue weighted by Crippen LogP contribution is -2.22. The van der Waals surface area contributed by atoms with Crippen LogP contribution in [0.1, 0.15) is 37.8 Å². The van der Waals surface area contributed by atoms with Gasteiger partial charge in [-0.15, -0.1) is 0 Å². The third-order valence-electron chi connectivity index (χ3n) is 2.43. The van der Waals surface area contributed by atoms with Crippen LogP contribution >= 0.6 is 0 Å². The molecule has 82 valence electrons. The highest BCUT2D eigenvalue weighted by Gasteiger charge is 1.99. The van der Waals surface area contributed by atoms with Gasteiger partial charge < -0.3 is 5.32 Å². The van der Waals surface area contributed by atoms with Gasteiger partial charge in [0.15, 0.2) is 0 Å². The van der Waals surface area contributed by atoms with Crippen LogP contribution in [0.2, 0.25) is 0 Å². The summed E-state index contributed by atoms with van der Waals surface area (Å²) < 4.78 is 0. The number of hydrogen-bond donors (Lipinski definition) is 1. The summed E-state index contributed by atoms with van der Waals surface area (Å²) in [6.07, 6.45) is 0.901. The molecule has 0 unspecified atom stereocenters. The van der Waals surface area contributed by atoms with E-state index >= 15 is 0 Å². The van der Waals surface area contributed by atoms with E-state index in [1.54, 1.807) is 6.92 Å². The van der Waals surface area contributed by atoms with Gasteiger partial charge in [0, 0.05) is 13.5 Å². The molecule has 0 aromatic heterocycles. The Morgan fingerprint density at radius 2 is 1.87 bits per heavy atom. The van der Waals surface area contributed by atoms with Crippen LogP contribution in [0.15, 0.2) is 24.3 Å². The van der Waals surface area contributed by atoms with Gasteiger partial charge in [-0.3, -0.25) is 4.79 Å². The second kappa shape index (κ2) is 5.54. The molecule has 0 aliphatic heterocycles. The zero-order valence-electron chi connectivity index (χ0n) is 9.71. The van der Waals surface area contributed by atoms with Crippen molar-refractivity contribution < 1.29 is 4.79 Å². The lowest BCUT2D eigenvalue weighted by molar-refractivity contribution is -0.118. The molecule has 0 fully saturated rings. The van der Waals surface area contributed by atoms with Crippen molar-refractivity contribution in [1.29, 1.82) is 0 Å². The summed E-state index contributed by atoms with van der Waals surface area (Å²) in [4.78, 5) is 10.7. The normalized spacial score (nSPS) is 10.4. The molecular weight excluding hydrogens is 186 g/mol. The number of rotatable bonds is 4. The van der Waals surface area contributed by atoms with Gasteiger partial charge in [-0.2, -0.15) is 0 Å². The van der Waals surface area contributed by atoms with Crippen molar-refractivity contribution in [2.75, 3.05) is 6.54 Å². The highest BCUT2D eigenvalue weighted by molar-refractivity contribution is 5.72. The number of amides is 1. The van der Waals surface area contributed by atoms with Crippen LogP contribution in [0.25, 0.3) is 0 Å². The van der Waals surface area contributed by atoms with E-state index in [0.717, 1.165) is 13.0 Å². The molecule has 1 rings (SSSR count). The fourth-order valence-corrected chi connectivity index (χ4v) is 1.45. The van der Waals surface area contributed by atoms with Crippen LogP contribution in [-0.4, -0.2) is 12.5 Å². The minimum Gasteiger partial charge on any atom is -0.356 e. The molecule has 1 N–H and O–H groups in total. The van der Waals surface area contributed by atoms with E-state index in [2.05, 4.69) is 43.4 Å². The number of benzene rings is 1. The van der Waals surface area contributed by atoms with E-state index in [1.165, 1.54) is 11.1 Å². The lowest BCUT2D eigenvalue weighted by Gasteiger charge is -2.07. The van der Waals surface area contributed by atoms with Crippen molar-refractivity contribution >= 4 is 5.91 Å². The Morgan fingerprint density at radius 1 is 1.27 bits per heavy atom. The summed E-state index contributed by atoms with van der Waals surface area (Å²) >= 11 is 0. The fourth-order valence-electron chi connectivity index (χ4n) is 1.45. The predicted molar refractivity (Wildman–Crippen MR) is 62.9 cm³/mol. The molecule has 1 amide bonds. The Balaban J connectivity index is 2.46. The summed E-state index contributed by atoms with van der Waals surface area (Å²) in [6, 6.07) is 8.59. The summed E-state index contributed by atoms with van der Waals surface area (Å²) in [5, 5.41) is 2.79. The maximum Gasteiger partial charge on any atom is 0.216 e. The first kappa shape index (κ1) is 11.8. The summed E-state index contributed by atoms with van der Waals surface area (Å²) in [5.74, 6) is 0.614. The number of carbonyl (C=O) groups excluding carboxylic acids is 1. The van der Waals surface area contributed by atoms with Gasteiger partial charge in [-0.25, -0.2) is 0 Å². The monoisotopic (exact) mass is 205 g/mol. The highest BCUT2D eigenvalue weighted by atomic mass is 16.1. The minimum absolute atomic E-state index is 0.0359. The summed E-state index contributed by atoms with van der Waals surface area (Å²) in [5.41, 5.74) is 2.63. The smallest absolute Gasteiger partial charge is 0.216 e. The Hall–Kier alpha value is -1.31. The quantitative estimate of drug-likeness (QED) is 0.804. The molecule has 2 heteroatoms. The first-order valence-corrected chi connectivity index (χ1v) is 5.43. The SMILES string of the molecule is CC(=O)NCCc1ccc(C(C)C)cc1. The first-order valence-electron chi connectivity index (χ1n) is 5.43. The molecule has 0 saturated carbocycles. The molecule has 0 heterocycles. The van der Waals surface area contributed by atoms with Crippen LogP contribution in [-0.2, 0) is 11.2 Å². The zero-order chi connectivity index (χ0) is 11.3. The molecule has 0 saturated heterocycles. The fraction of sp³-hybridized carbons (Fsp3) is 0.462. The second-order valence-corrected chi connectivity index (χ2v) is 4.13. The minimum atomic E-state index is 0.0359. The van der Waals surface area contributed by atoms with E-state index < -0.39 is 0 Å². The van der Waals surface area contributed by atoms with Gasteiger partial charge >= 0.3 is 0 Å². The van der Waals surface area contributed by atoms with Crippen LogP contribution in [0.4, 0.5) is 0 Å². The average Bonchev–Trinajstić information content (AvgIpc) is 2.18. The standard InChI is InChI=1S/C13H19NO/c1-10(2)13-6-4-12(5-7-13)8-9-14-11(3)15/h4-7,10H,8-9H2,1-3H3,(H,14,15). The second-order valence-electron chi connectivity index (χ2n) is 4.13. The molecule has 15 heavy (non-hydrogen) atoms. The van der Waals surface area contributed by atoms with Crippen molar-refractivity contribution in [3.63, 3.8) is 0 Å². The summed E-state index contributed by atoms with van der Waals surface area (Å²) in [7, 11) is 0. The van der Waals surface area contributed by atoms with E-state index in [1.807, 2.05) is 0 Å². The number of carbonyl (C=O) groups is 1. The van der Waals surface area contributed by atoms with Gasteiger partial charge in [0.1, 0.15) is 0 Å². The van der Waals surface area contributed by atoms with Gasteiger partial charge in [0.05, 0.1) is 0 Å². The third-order valence-corrected chi connectivity index (χ3v) is 2.43. The highest BCUT2D eigenvalue weighted by Crippen LogP contribution is 2.14. The zero-order valence-corrected chi connectivity index (χ0v) is 9.71. The van der Waals surface area contributed by atoms with Crippen molar-refractivity contribution in [3.05, 3.63) is 35.4 Å². The van der Waals surface area contributed by atoms with Crippen molar-refractivity contribution in [1.82, 2.24) is 5.32 Å². The molecular formula is C13H19NO. The van der Waals surface area contributed by atoms with Crippen LogP contribution in [0.5, 0.6) is 0 Å². The number of nitrogens with one attached hydrogen (secondary N) is 1. The molecule has 0 atom stereocenters. The third kappa shape index (κ3) is 4.15. The largest absolute Gasteiger partial charge is 0.356 e. The molecule has 0 radical (unpaired) electrons. The van der Waals surface area contributed by atoms with Crippen LogP contribution < -0.4 is 5.32 Å². The summed E-state index contributed by atoms with van der Waals surface area (Å²) in [6.45, 7) is 6.64. The van der Waals surface area contributed by atoms with Gasteiger partial charge in [0.2, 0.25) is 5.91 Å². The van der Waals surface area contributed by atoms with E-state index in [-0.39, 0.29) is 5.91 Å². The van der Waals surface area contributed by atoms with E-state index in [0.29, 0.717) is 5.92 Å². The van der Waals surface area contributed by atoms with Crippen molar-refractivity contribution in [2.24, 2.45) is 0 Å². The Kier molecular flexibility index (Phi) is 4.35. The molecule has 1 aromatic carbocycles. The Morgan fingerprint density at radius 3 is 2.33 bits per heavy atom. The predicted octanol–water partition coefficient (Wildman–Crippen LogP) is 2.49. The maximum atomic E-state index is 10.7. The molecule has 0 aliphatic rings. The number of hydrogen-bond acceptors (Lipinski definition) is 1. The molecule has 2 nitrogen and oxygen atoms in total. The molecule has 0 bridgehead atoms. The Labute approximate surface area is 91.7 Å².